The van der Waals surface area contributed by atoms with Crippen LogP contribution in [0.5, 0.6) is 0 Å². The van der Waals surface area contributed by atoms with E-state index in [1.54, 1.807) is 16.7 Å². The van der Waals surface area contributed by atoms with Crippen LogP contribution in [0.15, 0.2) is 24.3 Å². The van der Waals surface area contributed by atoms with E-state index in [0.717, 1.165) is 48.4 Å². The highest BCUT2D eigenvalue weighted by atomic mass is 32.2. The van der Waals surface area contributed by atoms with Gasteiger partial charge in [-0.3, -0.25) is 9.59 Å². The maximum atomic E-state index is 13.4. The number of aryl methyl sites for hydroxylation is 1. The van der Waals surface area contributed by atoms with Gasteiger partial charge in [0.15, 0.2) is 5.69 Å². The number of aliphatic carboxylic acids is 1. The Morgan fingerprint density at radius 2 is 1.96 bits per heavy atom. The summed E-state index contributed by atoms with van der Waals surface area (Å²) < 4.78 is 1.92. The van der Waals surface area contributed by atoms with Crippen molar-refractivity contribution in [3.8, 4) is 5.69 Å². The Labute approximate surface area is 168 Å². The molecule has 1 aliphatic carbocycles. The molecule has 1 atom stereocenters. The molecule has 2 aliphatic rings. The van der Waals surface area contributed by atoms with Crippen LogP contribution in [-0.4, -0.2) is 55.8 Å². The zero-order chi connectivity index (χ0) is 19.7. The lowest BCUT2D eigenvalue weighted by molar-refractivity contribution is -0.138. The zero-order valence-electron chi connectivity index (χ0n) is 16.1. The van der Waals surface area contributed by atoms with Crippen LogP contribution in [0.1, 0.15) is 46.6 Å². The summed E-state index contributed by atoms with van der Waals surface area (Å²) in [7, 11) is 0. The topological polar surface area (TPSA) is 75.4 Å². The van der Waals surface area contributed by atoms with E-state index in [1.165, 1.54) is 5.56 Å². The van der Waals surface area contributed by atoms with Crippen molar-refractivity contribution in [2.45, 2.75) is 45.1 Å². The fourth-order valence-corrected chi connectivity index (χ4v) is 5.16. The van der Waals surface area contributed by atoms with Crippen molar-refractivity contribution in [2.75, 3.05) is 18.1 Å². The molecule has 1 aromatic carbocycles. The fourth-order valence-electron chi connectivity index (χ4n) is 4.10. The Morgan fingerprint density at radius 1 is 1.21 bits per heavy atom. The molecule has 148 valence electrons. The molecule has 0 spiro atoms. The number of carboxylic acid groups (broad SMARTS) is 1. The first-order valence-corrected chi connectivity index (χ1v) is 11.0. The van der Waals surface area contributed by atoms with Gasteiger partial charge in [0.1, 0.15) is 0 Å². The Kier molecular flexibility index (Phi) is 5.44. The summed E-state index contributed by atoms with van der Waals surface area (Å²) in [6.45, 7) is 2.63. The minimum atomic E-state index is -0.863. The minimum absolute atomic E-state index is 0.0143. The van der Waals surface area contributed by atoms with Gasteiger partial charge >= 0.3 is 5.97 Å². The van der Waals surface area contributed by atoms with Crippen LogP contribution in [0.25, 0.3) is 5.69 Å². The summed E-state index contributed by atoms with van der Waals surface area (Å²) in [6, 6.07) is 7.91. The second kappa shape index (κ2) is 7.99. The first-order valence-electron chi connectivity index (χ1n) is 9.83. The smallest absolute Gasteiger partial charge is 0.305 e. The molecule has 1 unspecified atom stereocenters. The van der Waals surface area contributed by atoms with E-state index in [0.29, 0.717) is 18.0 Å². The Balaban J connectivity index is 1.71. The van der Waals surface area contributed by atoms with Crippen LogP contribution >= 0.6 is 11.8 Å². The lowest BCUT2D eigenvalue weighted by atomic mass is 9.95. The van der Waals surface area contributed by atoms with Crippen LogP contribution in [0.4, 0.5) is 0 Å². The summed E-state index contributed by atoms with van der Waals surface area (Å²) in [5.74, 6) is 0.523. The SMILES string of the molecule is Cc1ccc(-n2nc(C(=O)N3CCSCC3CC(=O)O)c3c2CCCC3)cc1. The molecular weight excluding hydrogens is 374 g/mol. The maximum absolute atomic E-state index is 13.4. The number of carbonyl (C=O) groups excluding carboxylic acids is 1. The third-order valence-corrected chi connectivity index (χ3v) is 6.65. The van der Waals surface area contributed by atoms with Gasteiger partial charge in [0.2, 0.25) is 0 Å². The van der Waals surface area contributed by atoms with E-state index in [1.807, 2.05) is 23.7 Å². The number of amides is 1. The van der Waals surface area contributed by atoms with E-state index in [2.05, 4.69) is 12.1 Å². The van der Waals surface area contributed by atoms with Crippen LogP contribution in [-0.2, 0) is 17.6 Å². The molecule has 4 rings (SSSR count). The molecule has 2 heterocycles. The molecule has 1 amide bonds. The lowest BCUT2D eigenvalue weighted by Gasteiger charge is -2.34. The van der Waals surface area contributed by atoms with Crippen molar-refractivity contribution in [3.63, 3.8) is 0 Å². The van der Waals surface area contributed by atoms with Crippen molar-refractivity contribution >= 4 is 23.6 Å². The summed E-state index contributed by atoms with van der Waals surface area (Å²) >= 11 is 1.71. The number of hydrogen-bond acceptors (Lipinski definition) is 4. The van der Waals surface area contributed by atoms with Crippen molar-refractivity contribution < 1.29 is 14.7 Å². The molecule has 1 aromatic heterocycles. The molecule has 0 saturated carbocycles. The fraction of sp³-hybridized carbons (Fsp3) is 0.476. The highest BCUT2D eigenvalue weighted by molar-refractivity contribution is 7.99. The second-order valence-electron chi connectivity index (χ2n) is 7.55. The molecule has 2 aromatic rings. The van der Waals surface area contributed by atoms with Crippen molar-refractivity contribution in [3.05, 3.63) is 46.8 Å². The van der Waals surface area contributed by atoms with Crippen LogP contribution in [0.3, 0.4) is 0 Å². The van der Waals surface area contributed by atoms with Crippen molar-refractivity contribution in [1.82, 2.24) is 14.7 Å². The van der Waals surface area contributed by atoms with E-state index in [4.69, 9.17) is 5.10 Å². The Hall–Kier alpha value is -2.28. The monoisotopic (exact) mass is 399 g/mol. The number of fused-ring (bicyclic) bond motifs is 1. The van der Waals surface area contributed by atoms with Crippen LogP contribution < -0.4 is 0 Å². The molecular formula is C21H25N3O3S. The van der Waals surface area contributed by atoms with Gasteiger partial charge in [-0.15, -0.1) is 0 Å². The molecule has 28 heavy (non-hydrogen) atoms. The highest BCUT2D eigenvalue weighted by Gasteiger charge is 2.34. The van der Waals surface area contributed by atoms with E-state index >= 15 is 0 Å². The zero-order valence-corrected chi connectivity index (χ0v) is 16.9. The van der Waals surface area contributed by atoms with Gasteiger partial charge in [0.25, 0.3) is 5.91 Å². The number of carboxylic acids is 1. The molecule has 0 bridgehead atoms. The average molecular weight is 400 g/mol. The quantitative estimate of drug-likeness (QED) is 0.855. The number of carbonyl (C=O) groups is 2. The molecule has 1 N–H and O–H groups in total. The molecule has 6 nitrogen and oxygen atoms in total. The first kappa shape index (κ1) is 19.1. The number of aromatic nitrogens is 2. The Morgan fingerprint density at radius 3 is 2.71 bits per heavy atom. The first-order chi connectivity index (χ1) is 13.5. The number of benzene rings is 1. The van der Waals surface area contributed by atoms with E-state index < -0.39 is 5.97 Å². The number of thioether (sulfide) groups is 1. The minimum Gasteiger partial charge on any atom is -0.481 e. The second-order valence-corrected chi connectivity index (χ2v) is 8.70. The summed E-state index contributed by atoms with van der Waals surface area (Å²) in [4.78, 5) is 26.4. The number of nitrogens with zero attached hydrogens (tertiary/aromatic N) is 3. The average Bonchev–Trinajstić information content (AvgIpc) is 3.08. The van der Waals surface area contributed by atoms with Crippen LogP contribution in [0, 0.1) is 6.92 Å². The van der Waals surface area contributed by atoms with E-state index in [-0.39, 0.29) is 18.4 Å². The standard InChI is InChI=1S/C21H25N3O3S/c1-14-6-8-15(9-7-14)24-18-5-3-2-4-17(18)20(22-24)21(27)23-10-11-28-13-16(23)12-19(25)26/h6-9,16H,2-5,10-13H2,1H3,(H,25,26). The maximum Gasteiger partial charge on any atom is 0.305 e. The molecule has 1 fully saturated rings. The molecule has 7 heteroatoms. The molecule has 1 saturated heterocycles. The predicted octanol–water partition coefficient (Wildman–Crippen LogP) is 3.09. The summed E-state index contributed by atoms with van der Waals surface area (Å²) in [5.41, 5.74) is 4.84. The number of rotatable bonds is 4. The van der Waals surface area contributed by atoms with Gasteiger partial charge in [0.05, 0.1) is 18.2 Å². The van der Waals surface area contributed by atoms with Crippen molar-refractivity contribution in [1.29, 1.82) is 0 Å². The predicted molar refractivity (Wildman–Crippen MR) is 109 cm³/mol. The van der Waals surface area contributed by atoms with Gasteiger partial charge in [-0.05, 0) is 44.7 Å². The highest BCUT2D eigenvalue weighted by Crippen LogP contribution is 2.29. The largest absolute Gasteiger partial charge is 0.481 e. The van der Waals surface area contributed by atoms with Gasteiger partial charge in [0, 0.05) is 29.3 Å². The van der Waals surface area contributed by atoms with Gasteiger partial charge in [-0.2, -0.15) is 16.9 Å². The van der Waals surface area contributed by atoms with E-state index in [9.17, 15) is 14.7 Å². The molecule has 0 radical (unpaired) electrons. The van der Waals surface area contributed by atoms with Gasteiger partial charge < -0.3 is 10.0 Å². The van der Waals surface area contributed by atoms with Gasteiger partial charge in [-0.25, -0.2) is 4.68 Å². The third-order valence-electron chi connectivity index (χ3n) is 5.56. The van der Waals surface area contributed by atoms with Gasteiger partial charge in [-0.1, -0.05) is 17.7 Å². The normalized spacial score (nSPS) is 19.3. The lowest BCUT2D eigenvalue weighted by Crippen LogP contribution is -2.47. The van der Waals surface area contributed by atoms with Crippen LogP contribution in [0.2, 0.25) is 0 Å². The third kappa shape index (κ3) is 3.68. The summed E-state index contributed by atoms with van der Waals surface area (Å²) in [6.07, 6.45) is 3.91. The molecule has 1 aliphatic heterocycles. The summed E-state index contributed by atoms with van der Waals surface area (Å²) in [5, 5.41) is 14.0. The Bertz CT molecular complexity index is 891. The van der Waals surface area contributed by atoms with Crippen molar-refractivity contribution in [2.24, 2.45) is 0 Å². The number of hydrogen-bond donors (Lipinski definition) is 1.